The Morgan fingerprint density at radius 2 is 2.20 bits per heavy atom. The van der Waals surface area contributed by atoms with Crippen LogP contribution in [0.25, 0.3) is 0 Å². The number of nitrogens with zero attached hydrogens (tertiary/aromatic N) is 1. The van der Waals surface area contributed by atoms with E-state index in [0.717, 1.165) is 43.0 Å². The highest BCUT2D eigenvalue weighted by atomic mass is 35.5. The molecular formula is C16H23ClN2O. The molecule has 3 nitrogen and oxygen atoms in total. The lowest BCUT2D eigenvalue weighted by Crippen LogP contribution is -2.48. The fraction of sp³-hybridized carbons (Fsp3) is 0.625. The van der Waals surface area contributed by atoms with Crippen molar-refractivity contribution in [3.8, 4) is 0 Å². The van der Waals surface area contributed by atoms with Crippen LogP contribution < -0.4 is 10.2 Å². The molecule has 0 radical (unpaired) electrons. The molecule has 0 aromatic heterocycles. The van der Waals surface area contributed by atoms with E-state index in [9.17, 15) is 0 Å². The molecule has 2 aliphatic rings. The molecule has 1 saturated heterocycles. The number of anilines is 1. The maximum Gasteiger partial charge on any atom is 0.0801 e. The van der Waals surface area contributed by atoms with E-state index in [4.69, 9.17) is 16.3 Å². The van der Waals surface area contributed by atoms with Gasteiger partial charge in [-0.15, -0.1) is 0 Å². The van der Waals surface area contributed by atoms with Gasteiger partial charge in [0.2, 0.25) is 0 Å². The van der Waals surface area contributed by atoms with Crippen molar-refractivity contribution in [2.24, 2.45) is 0 Å². The van der Waals surface area contributed by atoms with Gasteiger partial charge in [0.1, 0.15) is 0 Å². The van der Waals surface area contributed by atoms with Gasteiger partial charge in [0, 0.05) is 25.7 Å². The largest absolute Gasteiger partial charge is 0.372 e. The van der Waals surface area contributed by atoms with E-state index in [2.05, 4.69) is 42.3 Å². The van der Waals surface area contributed by atoms with Crippen LogP contribution in [0.5, 0.6) is 0 Å². The lowest BCUT2D eigenvalue weighted by Gasteiger charge is -2.39. The SMILES string of the molecule is CC1(C)CN(c2ccc(CNC3CC3)cc2Cl)CCO1. The molecule has 20 heavy (non-hydrogen) atoms. The number of hydrogen-bond donors (Lipinski definition) is 1. The second-order valence-corrected chi connectivity index (χ2v) is 6.88. The summed E-state index contributed by atoms with van der Waals surface area (Å²) in [6.07, 6.45) is 2.63. The van der Waals surface area contributed by atoms with Gasteiger partial charge in [-0.3, -0.25) is 0 Å². The average molecular weight is 295 g/mol. The summed E-state index contributed by atoms with van der Waals surface area (Å²) in [5, 5.41) is 4.37. The summed E-state index contributed by atoms with van der Waals surface area (Å²) in [7, 11) is 0. The lowest BCUT2D eigenvalue weighted by atomic mass is 10.1. The van der Waals surface area contributed by atoms with Crippen molar-refractivity contribution in [3.05, 3.63) is 28.8 Å². The normalized spacial score (nSPS) is 22.1. The molecule has 1 aliphatic heterocycles. The van der Waals surface area contributed by atoms with Crippen LogP contribution in [-0.4, -0.2) is 31.3 Å². The van der Waals surface area contributed by atoms with Gasteiger partial charge < -0.3 is 15.0 Å². The summed E-state index contributed by atoms with van der Waals surface area (Å²) in [5.74, 6) is 0. The van der Waals surface area contributed by atoms with Crippen LogP contribution in [0.15, 0.2) is 18.2 Å². The first-order valence-corrected chi connectivity index (χ1v) is 7.82. The number of halogens is 1. The summed E-state index contributed by atoms with van der Waals surface area (Å²) in [6.45, 7) is 7.71. The molecule has 1 N–H and O–H groups in total. The van der Waals surface area contributed by atoms with Crippen molar-refractivity contribution >= 4 is 17.3 Å². The summed E-state index contributed by atoms with van der Waals surface area (Å²) < 4.78 is 5.76. The van der Waals surface area contributed by atoms with Gasteiger partial charge in [0.15, 0.2) is 0 Å². The van der Waals surface area contributed by atoms with Gasteiger partial charge in [0.25, 0.3) is 0 Å². The fourth-order valence-corrected chi connectivity index (χ4v) is 3.01. The van der Waals surface area contributed by atoms with Gasteiger partial charge in [-0.1, -0.05) is 17.7 Å². The van der Waals surface area contributed by atoms with Crippen molar-refractivity contribution in [1.82, 2.24) is 5.32 Å². The Hall–Kier alpha value is -0.770. The first-order chi connectivity index (χ1) is 9.53. The number of benzene rings is 1. The minimum atomic E-state index is -0.103. The Labute approximate surface area is 126 Å². The van der Waals surface area contributed by atoms with E-state index in [1.54, 1.807) is 0 Å². The molecule has 4 heteroatoms. The van der Waals surface area contributed by atoms with Gasteiger partial charge >= 0.3 is 0 Å². The number of hydrogen-bond acceptors (Lipinski definition) is 3. The van der Waals surface area contributed by atoms with E-state index < -0.39 is 0 Å². The Morgan fingerprint density at radius 3 is 2.85 bits per heavy atom. The van der Waals surface area contributed by atoms with Crippen LogP contribution in [0, 0.1) is 0 Å². The Morgan fingerprint density at radius 1 is 1.40 bits per heavy atom. The molecular weight excluding hydrogens is 272 g/mol. The highest BCUT2D eigenvalue weighted by Crippen LogP contribution is 2.30. The van der Waals surface area contributed by atoms with Crippen LogP contribution in [0.1, 0.15) is 32.3 Å². The smallest absolute Gasteiger partial charge is 0.0801 e. The first kappa shape index (κ1) is 14.2. The molecule has 0 bridgehead atoms. The van der Waals surface area contributed by atoms with Crippen molar-refractivity contribution < 1.29 is 4.74 Å². The van der Waals surface area contributed by atoms with Crippen LogP contribution >= 0.6 is 11.6 Å². The first-order valence-electron chi connectivity index (χ1n) is 7.44. The van der Waals surface area contributed by atoms with Crippen LogP contribution in [-0.2, 0) is 11.3 Å². The van der Waals surface area contributed by atoms with Crippen molar-refractivity contribution in [3.63, 3.8) is 0 Å². The molecule has 0 unspecified atom stereocenters. The third kappa shape index (κ3) is 3.46. The molecule has 1 aliphatic carbocycles. The highest BCUT2D eigenvalue weighted by Gasteiger charge is 2.28. The molecule has 110 valence electrons. The topological polar surface area (TPSA) is 24.5 Å². The van der Waals surface area contributed by atoms with Gasteiger partial charge in [-0.2, -0.15) is 0 Å². The van der Waals surface area contributed by atoms with Gasteiger partial charge in [0.05, 0.1) is 22.9 Å². The molecule has 0 amide bonds. The number of ether oxygens (including phenoxy) is 1. The fourth-order valence-electron chi connectivity index (χ4n) is 2.69. The summed E-state index contributed by atoms with van der Waals surface area (Å²) in [5.41, 5.74) is 2.28. The molecule has 0 spiro atoms. The van der Waals surface area contributed by atoms with E-state index in [1.807, 2.05) is 0 Å². The Bertz CT molecular complexity index is 485. The molecule has 1 saturated carbocycles. The average Bonchev–Trinajstić information content (AvgIpc) is 3.19. The summed E-state index contributed by atoms with van der Waals surface area (Å²) in [6, 6.07) is 7.15. The summed E-state index contributed by atoms with van der Waals surface area (Å²) >= 11 is 6.48. The number of morpholine rings is 1. The van der Waals surface area contributed by atoms with Crippen LogP contribution in [0.3, 0.4) is 0 Å². The molecule has 2 fully saturated rings. The maximum absolute atomic E-state index is 6.48. The minimum absolute atomic E-state index is 0.103. The number of nitrogens with one attached hydrogen (secondary N) is 1. The standard InChI is InChI=1S/C16H23ClN2O/c1-16(2)11-19(7-8-20-16)15-6-3-12(9-14(15)17)10-18-13-4-5-13/h3,6,9,13,18H,4-5,7-8,10-11H2,1-2H3. The Balaban J connectivity index is 1.69. The van der Waals surface area contributed by atoms with Crippen molar-refractivity contribution in [1.29, 1.82) is 0 Å². The van der Waals surface area contributed by atoms with Crippen molar-refractivity contribution in [2.45, 2.75) is 44.9 Å². The highest BCUT2D eigenvalue weighted by molar-refractivity contribution is 6.33. The van der Waals surface area contributed by atoms with E-state index >= 15 is 0 Å². The van der Waals surface area contributed by atoms with Gasteiger partial charge in [-0.25, -0.2) is 0 Å². The maximum atomic E-state index is 6.48. The lowest BCUT2D eigenvalue weighted by molar-refractivity contribution is -0.0276. The van der Waals surface area contributed by atoms with Crippen molar-refractivity contribution in [2.75, 3.05) is 24.6 Å². The zero-order chi connectivity index (χ0) is 14.2. The third-order valence-corrected chi connectivity index (χ3v) is 4.25. The van der Waals surface area contributed by atoms with E-state index in [-0.39, 0.29) is 5.60 Å². The third-order valence-electron chi connectivity index (χ3n) is 3.95. The van der Waals surface area contributed by atoms with Crippen LogP contribution in [0.2, 0.25) is 5.02 Å². The molecule has 1 heterocycles. The zero-order valence-corrected chi connectivity index (χ0v) is 13.0. The van der Waals surface area contributed by atoms with Crippen LogP contribution in [0.4, 0.5) is 5.69 Å². The van der Waals surface area contributed by atoms with E-state index in [1.165, 1.54) is 18.4 Å². The predicted molar refractivity (Wildman–Crippen MR) is 83.6 cm³/mol. The Kier molecular flexibility index (Phi) is 3.93. The molecule has 3 rings (SSSR count). The molecule has 0 atom stereocenters. The predicted octanol–water partition coefficient (Wildman–Crippen LogP) is 3.21. The molecule has 1 aromatic rings. The summed E-state index contributed by atoms with van der Waals surface area (Å²) in [4.78, 5) is 2.32. The second kappa shape index (κ2) is 5.55. The molecule has 1 aromatic carbocycles. The number of rotatable bonds is 4. The second-order valence-electron chi connectivity index (χ2n) is 6.47. The zero-order valence-electron chi connectivity index (χ0n) is 12.3. The van der Waals surface area contributed by atoms with E-state index in [0.29, 0.717) is 0 Å². The monoisotopic (exact) mass is 294 g/mol. The van der Waals surface area contributed by atoms with Gasteiger partial charge in [-0.05, 0) is 44.4 Å². The minimum Gasteiger partial charge on any atom is -0.372 e. The quantitative estimate of drug-likeness (QED) is 0.923.